The third kappa shape index (κ3) is 3.65. The van der Waals surface area contributed by atoms with Crippen LogP contribution in [0.3, 0.4) is 0 Å². The molecule has 1 atom stereocenters. The molecule has 0 aliphatic rings. The van der Waals surface area contributed by atoms with Crippen molar-refractivity contribution in [2.24, 2.45) is 5.92 Å². The van der Waals surface area contributed by atoms with Crippen LogP contribution < -0.4 is 10.6 Å². The van der Waals surface area contributed by atoms with E-state index in [0.29, 0.717) is 23.8 Å². The van der Waals surface area contributed by atoms with Gasteiger partial charge in [0.2, 0.25) is 11.9 Å². The van der Waals surface area contributed by atoms with Crippen LogP contribution in [0.15, 0.2) is 12.7 Å². The average Bonchev–Trinajstić information content (AvgIpc) is 3.02. The molecule has 2 aromatic heterocycles. The number of anilines is 2. The first kappa shape index (κ1) is 15.1. The first-order valence-electron chi connectivity index (χ1n) is 7.23. The van der Waals surface area contributed by atoms with E-state index in [0.717, 1.165) is 12.8 Å². The zero-order chi connectivity index (χ0) is 15.2. The molecule has 0 spiro atoms. The lowest BCUT2D eigenvalue weighted by Crippen LogP contribution is -2.26. The largest absolute Gasteiger partial charge is 0.357 e. The standard InChI is InChI=1S/C13H22N8/c1-5-10(6-2)9(3)17-12-18-11(14-4)19-13(20-12)21-8-15-7-16-21/h7-10H,5-6H2,1-4H3,(H2,14,17,18,19,20). The van der Waals surface area contributed by atoms with Crippen LogP contribution in [0.4, 0.5) is 11.9 Å². The van der Waals surface area contributed by atoms with E-state index in [1.165, 1.54) is 11.0 Å². The summed E-state index contributed by atoms with van der Waals surface area (Å²) in [7, 11) is 1.77. The van der Waals surface area contributed by atoms with E-state index < -0.39 is 0 Å². The highest BCUT2D eigenvalue weighted by molar-refractivity contribution is 5.37. The summed E-state index contributed by atoms with van der Waals surface area (Å²) in [6.45, 7) is 6.54. The highest BCUT2D eigenvalue weighted by Crippen LogP contribution is 2.17. The van der Waals surface area contributed by atoms with E-state index >= 15 is 0 Å². The lowest BCUT2D eigenvalue weighted by molar-refractivity contribution is 0.436. The fraction of sp³-hybridized carbons (Fsp3) is 0.615. The molecule has 0 saturated heterocycles. The van der Waals surface area contributed by atoms with Gasteiger partial charge in [0.1, 0.15) is 12.7 Å². The quantitative estimate of drug-likeness (QED) is 0.802. The fourth-order valence-corrected chi connectivity index (χ4v) is 2.27. The van der Waals surface area contributed by atoms with Gasteiger partial charge in [0.15, 0.2) is 0 Å². The van der Waals surface area contributed by atoms with Crippen molar-refractivity contribution >= 4 is 11.9 Å². The van der Waals surface area contributed by atoms with Gasteiger partial charge in [-0.2, -0.15) is 24.7 Å². The van der Waals surface area contributed by atoms with Gasteiger partial charge in [0.25, 0.3) is 5.95 Å². The Morgan fingerprint density at radius 1 is 1.14 bits per heavy atom. The van der Waals surface area contributed by atoms with Crippen LogP contribution in [0.2, 0.25) is 0 Å². The molecule has 0 radical (unpaired) electrons. The van der Waals surface area contributed by atoms with Crippen molar-refractivity contribution in [1.82, 2.24) is 29.7 Å². The Bertz CT molecular complexity index is 549. The molecule has 114 valence electrons. The summed E-state index contributed by atoms with van der Waals surface area (Å²) in [4.78, 5) is 16.9. The second-order valence-corrected chi connectivity index (χ2v) is 4.88. The maximum Gasteiger partial charge on any atom is 0.258 e. The molecule has 1 unspecified atom stereocenters. The first-order chi connectivity index (χ1) is 10.2. The van der Waals surface area contributed by atoms with Crippen LogP contribution in [-0.2, 0) is 0 Å². The van der Waals surface area contributed by atoms with Gasteiger partial charge in [0.05, 0.1) is 0 Å². The molecule has 0 aromatic carbocycles. The Labute approximate surface area is 124 Å². The lowest BCUT2D eigenvalue weighted by Gasteiger charge is -2.22. The zero-order valence-corrected chi connectivity index (χ0v) is 12.9. The predicted octanol–water partition coefficient (Wildman–Crippen LogP) is 1.73. The Balaban J connectivity index is 2.25. The lowest BCUT2D eigenvalue weighted by atomic mass is 9.96. The summed E-state index contributed by atoms with van der Waals surface area (Å²) in [6, 6.07) is 0.288. The molecular formula is C13H22N8. The highest BCUT2D eigenvalue weighted by atomic mass is 15.4. The Kier molecular flexibility index (Phi) is 5.02. The number of hydrogen-bond acceptors (Lipinski definition) is 7. The summed E-state index contributed by atoms with van der Waals surface area (Å²) in [6.07, 6.45) is 5.24. The maximum absolute atomic E-state index is 4.40. The topological polar surface area (TPSA) is 93.4 Å². The van der Waals surface area contributed by atoms with Gasteiger partial charge >= 0.3 is 0 Å². The minimum Gasteiger partial charge on any atom is -0.357 e. The number of rotatable bonds is 7. The molecule has 8 heteroatoms. The van der Waals surface area contributed by atoms with Gasteiger partial charge in [-0.05, 0) is 12.8 Å². The molecular weight excluding hydrogens is 268 g/mol. The third-order valence-electron chi connectivity index (χ3n) is 3.58. The molecule has 2 aromatic rings. The molecule has 0 bridgehead atoms. The molecule has 21 heavy (non-hydrogen) atoms. The van der Waals surface area contributed by atoms with Crippen LogP contribution >= 0.6 is 0 Å². The molecule has 0 amide bonds. The highest BCUT2D eigenvalue weighted by Gasteiger charge is 2.16. The van der Waals surface area contributed by atoms with Crippen molar-refractivity contribution in [2.45, 2.75) is 39.7 Å². The SMILES string of the molecule is CCC(CC)C(C)Nc1nc(NC)nc(-n2cncn2)n1. The Morgan fingerprint density at radius 2 is 1.86 bits per heavy atom. The van der Waals surface area contributed by atoms with Crippen molar-refractivity contribution in [1.29, 1.82) is 0 Å². The second kappa shape index (κ2) is 6.96. The smallest absolute Gasteiger partial charge is 0.258 e. The number of aromatic nitrogens is 6. The molecule has 2 N–H and O–H groups in total. The van der Waals surface area contributed by atoms with Crippen LogP contribution in [0.25, 0.3) is 5.95 Å². The maximum atomic E-state index is 4.40. The molecule has 2 rings (SSSR count). The summed E-state index contributed by atoms with van der Waals surface area (Å²) >= 11 is 0. The third-order valence-corrected chi connectivity index (χ3v) is 3.58. The van der Waals surface area contributed by atoms with Crippen LogP contribution in [0.1, 0.15) is 33.6 Å². The van der Waals surface area contributed by atoms with E-state index in [1.807, 2.05) is 0 Å². The number of nitrogens with one attached hydrogen (secondary N) is 2. The van der Waals surface area contributed by atoms with E-state index in [9.17, 15) is 0 Å². The van der Waals surface area contributed by atoms with Crippen molar-refractivity contribution < 1.29 is 0 Å². The summed E-state index contributed by atoms with van der Waals surface area (Å²) in [5, 5.41) is 10.3. The van der Waals surface area contributed by atoms with Crippen molar-refractivity contribution in [3.63, 3.8) is 0 Å². The predicted molar refractivity (Wildman–Crippen MR) is 81.4 cm³/mol. The monoisotopic (exact) mass is 290 g/mol. The molecule has 8 nitrogen and oxygen atoms in total. The van der Waals surface area contributed by atoms with Gasteiger partial charge in [0, 0.05) is 13.1 Å². The van der Waals surface area contributed by atoms with E-state index in [1.54, 1.807) is 13.4 Å². The van der Waals surface area contributed by atoms with Gasteiger partial charge in [-0.3, -0.25) is 0 Å². The summed E-state index contributed by atoms with van der Waals surface area (Å²) in [5.74, 6) is 2.05. The molecule has 0 saturated carbocycles. The van der Waals surface area contributed by atoms with E-state index in [2.05, 4.69) is 56.4 Å². The van der Waals surface area contributed by atoms with Crippen LogP contribution in [0.5, 0.6) is 0 Å². The zero-order valence-electron chi connectivity index (χ0n) is 12.9. The van der Waals surface area contributed by atoms with Crippen molar-refractivity contribution in [3.8, 4) is 5.95 Å². The molecule has 0 aliphatic heterocycles. The van der Waals surface area contributed by atoms with E-state index in [-0.39, 0.29) is 6.04 Å². The summed E-state index contributed by atoms with van der Waals surface area (Å²) in [5.41, 5.74) is 0. The average molecular weight is 290 g/mol. The summed E-state index contributed by atoms with van der Waals surface area (Å²) < 4.78 is 1.51. The number of hydrogen-bond donors (Lipinski definition) is 2. The van der Waals surface area contributed by atoms with E-state index in [4.69, 9.17) is 0 Å². The number of nitrogens with zero attached hydrogens (tertiary/aromatic N) is 6. The van der Waals surface area contributed by atoms with Crippen LogP contribution in [0, 0.1) is 5.92 Å². The van der Waals surface area contributed by atoms with Gasteiger partial charge in [-0.15, -0.1) is 0 Å². The van der Waals surface area contributed by atoms with Crippen molar-refractivity contribution in [2.75, 3.05) is 17.7 Å². The van der Waals surface area contributed by atoms with Gasteiger partial charge in [-0.25, -0.2) is 4.98 Å². The minimum absolute atomic E-state index is 0.288. The van der Waals surface area contributed by atoms with Gasteiger partial charge in [-0.1, -0.05) is 26.7 Å². The Hall–Kier alpha value is -2.25. The fourth-order valence-electron chi connectivity index (χ4n) is 2.27. The normalized spacial score (nSPS) is 12.4. The molecule has 2 heterocycles. The molecule has 0 fully saturated rings. The van der Waals surface area contributed by atoms with Crippen molar-refractivity contribution in [3.05, 3.63) is 12.7 Å². The first-order valence-corrected chi connectivity index (χ1v) is 7.23. The van der Waals surface area contributed by atoms with Crippen LogP contribution in [-0.4, -0.2) is 42.8 Å². The Morgan fingerprint density at radius 3 is 2.43 bits per heavy atom. The van der Waals surface area contributed by atoms with Gasteiger partial charge < -0.3 is 10.6 Å². The molecule has 0 aliphatic carbocycles. The second-order valence-electron chi connectivity index (χ2n) is 4.88. The minimum atomic E-state index is 0.288.